The van der Waals surface area contributed by atoms with Gasteiger partial charge in [-0.15, -0.1) is 0 Å². The molecule has 0 radical (unpaired) electrons. The largest absolute Gasteiger partial charge is 0.421 e. The minimum atomic E-state index is -0.353. The van der Waals surface area contributed by atoms with Gasteiger partial charge >= 0.3 is 5.76 Å². The molecular formula is C18H19N3O3. The molecule has 0 spiro atoms. The molecule has 24 heavy (non-hydrogen) atoms. The van der Waals surface area contributed by atoms with Crippen LogP contribution in [0.4, 0.5) is 11.4 Å². The van der Waals surface area contributed by atoms with Crippen molar-refractivity contribution in [3.8, 4) is 0 Å². The zero-order valence-electron chi connectivity index (χ0n) is 13.3. The van der Waals surface area contributed by atoms with E-state index in [4.69, 9.17) is 9.15 Å². The highest BCUT2D eigenvalue weighted by atomic mass is 16.5. The normalized spacial score (nSPS) is 14.9. The minimum Gasteiger partial charge on any atom is -0.408 e. The predicted octanol–water partition coefficient (Wildman–Crippen LogP) is 2.50. The highest BCUT2D eigenvalue weighted by Gasteiger charge is 2.11. The van der Waals surface area contributed by atoms with E-state index in [1.165, 1.54) is 5.69 Å². The number of anilines is 2. The highest BCUT2D eigenvalue weighted by molar-refractivity contribution is 5.72. The molecule has 0 amide bonds. The number of hydrogen-bond acceptors (Lipinski definition) is 5. The third-order valence-corrected chi connectivity index (χ3v) is 4.26. The van der Waals surface area contributed by atoms with Crippen LogP contribution in [0.3, 0.4) is 0 Å². The molecule has 6 heteroatoms. The van der Waals surface area contributed by atoms with Crippen molar-refractivity contribution >= 4 is 22.5 Å². The molecule has 3 aromatic rings. The summed E-state index contributed by atoms with van der Waals surface area (Å²) in [6, 6.07) is 15.6. The Bertz CT molecular complexity index is 876. The molecule has 4 rings (SSSR count). The lowest BCUT2D eigenvalue weighted by Crippen LogP contribution is -2.36. The second-order valence-corrected chi connectivity index (χ2v) is 5.74. The smallest absolute Gasteiger partial charge is 0.408 e. The predicted molar refractivity (Wildman–Crippen MR) is 93.6 cm³/mol. The van der Waals surface area contributed by atoms with Crippen LogP contribution in [0.5, 0.6) is 0 Å². The minimum absolute atomic E-state index is 0.353. The van der Waals surface area contributed by atoms with Crippen LogP contribution < -0.4 is 16.0 Å². The molecule has 2 heterocycles. The number of ether oxygens (including phenoxy) is 1. The van der Waals surface area contributed by atoms with Crippen molar-refractivity contribution in [1.82, 2.24) is 4.57 Å². The van der Waals surface area contributed by atoms with Crippen molar-refractivity contribution in [3.05, 3.63) is 59.1 Å². The summed E-state index contributed by atoms with van der Waals surface area (Å²) in [4.78, 5) is 14.3. The summed E-state index contributed by atoms with van der Waals surface area (Å²) in [5, 5.41) is 3.27. The Balaban J connectivity index is 1.47. The summed E-state index contributed by atoms with van der Waals surface area (Å²) in [7, 11) is 0. The van der Waals surface area contributed by atoms with Gasteiger partial charge < -0.3 is 19.4 Å². The second-order valence-electron chi connectivity index (χ2n) is 5.74. The Hall–Kier alpha value is -2.73. The number of fused-ring (bicyclic) bond motifs is 1. The Morgan fingerprint density at radius 3 is 2.54 bits per heavy atom. The molecular weight excluding hydrogens is 306 g/mol. The summed E-state index contributed by atoms with van der Waals surface area (Å²) in [6.45, 7) is 3.76. The lowest BCUT2D eigenvalue weighted by molar-refractivity contribution is 0.122. The summed E-state index contributed by atoms with van der Waals surface area (Å²) < 4.78 is 12.2. The molecule has 0 aliphatic carbocycles. The molecule has 1 fully saturated rings. The number of aromatic nitrogens is 1. The summed E-state index contributed by atoms with van der Waals surface area (Å²) in [6.07, 6.45) is 0. The van der Waals surface area contributed by atoms with E-state index in [0.717, 1.165) is 37.5 Å². The number of morpholine rings is 1. The molecule has 0 unspecified atom stereocenters. The quantitative estimate of drug-likeness (QED) is 0.799. The van der Waals surface area contributed by atoms with E-state index in [0.29, 0.717) is 12.3 Å². The standard InChI is InChI=1S/C18H19N3O3/c22-18-21(16-3-1-2-4-17(16)24-18)13-19-14-5-7-15(8-6-14)20-9-11-23-12-10-20/h1-8,19H,9-13H2. The van der Waals surface area contributed by atoms with Crippen LogP contribution in [-0.4, -0.2) is 30.9 Å². The fourth-order valence-corrected chi connectivity index (χ4v) is 2.95. The van der Waals surface area contributed by atoms with Crippen LogP contribution >= 0.6 is 0 Å². The average Bonchev–Trinajstić information content (AvgIpc) is 2.96. The van der Waals surface area contributed by atoms with Gasteiger partial charge in [0.15, 0.2) is 5.58 Å². The molecule has 6 nitrogen and oxygen atoms in total. The maximum absolute atomic E-state index is 12.0. The van der Waals surface area contributed by atoms with Crippen LogP contribution in [0.25, 0.3) is 11.1 Å². The number of benzene rings is 2. The Labute approximate surface area is 139 Å². The van der Waals surface area contributed by atoms with E-state index in [9.17, 15) is 4.79 Å². The first-order valence-electron chi connectivity index (χ1n) is 8.06. The van der Waals surface area contributed by atoms with Crippen molar-refractivity contribution in [2.75, 3.05) is 36.5 Å². The zero-order valence-corrected chi connectivity index (χ0v) is 13.3. The topological polar surface area (TPSA) is 59.6 Å². The number of nitrogens with zero attached hydrogens (tertiary/aromatic N) is 2. The third kappa shape index (κ3) is 2.88. The van der Waals surface area contributed by atoms with Gasteiger partial charge in [0.2, 0.25) is 0 Å². The fourth-order valence-electron chi connectivity index (χ4n) is 2.95. The van der Waals surface area contributed by atoms with E-state index >= 15 is 0 Å². The molecule has 2 aromatic carbocycles. The van der Waals surface area contributed by atoms with Gasteiger partial charge in [-0.25, -0.2) is 4.79 Å². The Kier molecular flexibility index (Phi) is 3.96. The van der Waals surface area contributed by atoms with E-state index in [1.807, 2.05) is 30.3 Å². The number of hydrogen-bond donors (Lipinski definition) is 1. The van der Waals surface area contributed by atoms with Crippen molar-refractivity contribution < 1.29 is 9.15 Å². The molecule has 0 saturated carbocycles. The average molecular weight is 325 g/mol. The van der Waals surface area contributed by atoms with Gasteiger partial charge in [-0.3, -0.25) is 4.57 Å². The third-order valence-electron chi connectivity index (χ3n) is 4.26. The van der Waals surface area contributed by atoms with Crippen LogP contribution in [0.2, 0.25) is 0 Å². The number of para-hydroxylation sites is 2. The van der Waals surface area contributed by atoms with Gasteiger partial charge in [0.25, 0.3) is 0 Å². The summed E-state index contributed by atoms with van der Waals surface area (Å²) >= 11 is 0. The first-order valence-corrected chi connectivity index (χ1v) is 8.06. The highest BCUT2D eigenvalue weighted by Crippen LogP contribution is 2.19. The number of nitrogens with one attached hydrogen (secondary N) is 1. The first kappa shape index (κ1) is 14.8. The van der Waals surface area contributed by atoms with Crippen LogP contribution in [-0.2, 0) is 11.4 Å². The number of rotatable bonds is 4. The lowest BCUT2D eigenvalue weighted by Gasteiger charge is -2.28. The van der Waals surface area contributed by atoms with Crippen LogP contribution in [0.15, 0.2) is 57.7 Å². The first-order chi connectivity index (χ1) is 11.8. The van der Waals surface area contributed by atoms with Crippen molar-refractivity contribution in [3.63, 3.8) is 0 Å². The van der Waals surface area contributed by atoms with Crippen LogP contribution in [0, 0.1) is 0 Å². The van der Waals surface area contributed by atoms with Crippen molar-refractivity contribution in [2.24, 2.45) is 0 Å². The fraction of sp³-hybridized carbons (Fsp3) is 0.278. The van der Waals surface area contributed by atoms with E-state index in [-0.39, 0.29) is 5.76 Å². The van der Waals surface area contributed by atoms with E-state index in [2.05, 4.69) is 22.3 Å². The molecule has 124 valence electrons. The lowest BCUT2D eigenvalue weighted by atomic mass is 10.2. The van der Waals surface area contributed by atoms with Gasteiger partial charge in [0, 0.05) is 24.5 Å². The number of oxazole rings is 1. The molecule has 1 aliphatic heterocycles. The van der Waals surface area contributed by atoms with Gasteiger partial charge in [-0.1, -0.05) is 12.1 Å². The van der Waals surface area contributed by atoms with Crippen molar-refractivity contribution in [1.29, 1.82) is 0 Å². The van der Waals surface area contributed by atoms with Crippen molar-refractivity contribution in [2.45, 2.75) is 6.67 Å². The van der Waals surface area contributed by atoms with Gasteiger partial charge in [0.1, 0.15) is 0 Å². The van der Waals surface area contributed by atoms with Gasteiger partial charge in [0.05, 0.1) is 25.4 Å². The summed E-state index contributed by atoms with van der Waals surface area (Å²) in [5.74, 6) is -0.353. The van der Waals surface area contributed by atoms with E-state index < -0.39 is 0 Å². The molecule has 1 aliphatic rings. The maximum Gasteiger partial charge on any atom is 0.421 e. The molecule has 0 atom stereocenters. The molecule has 1 aromatic heterocycles. The Morgan fingerprint density at radius 1 is 1.00 bits per heavy atom. The van der Waals surface area contributed by atoms with Gasteiger partial charge in [-0.2, -0.15) is 0 Å². The second kappa shape index (κ2) is 6.41. The maximum atomic E-state index is 12.0. The van der Waals surface area contributed by atoms with E-state index in [1.54, 1.807) is 10.6 Å². The zero-order chi connectivity index (χ0) is 16.4. The Morgan fingerprint density at radius 2 is 1.75 bits per heavy atom. The summed E-state index contributed by atoms with van der Waals surface area (Å²) in [5.41, 5.74) is 3.55. The molecule has 0 bridgehead atoms. The van der Waals surface area contributed by atoms with Gasteiger partial charge in [-0.05, 0) is 36.4 Å². The molecule has 1 saturated heterocycles. The monoisotopic (exact) mass is 325 g/mol. The SMILES string of the molecule is O=c1oc2ccccc2n1CNc1ccc(N2CCOCC2)cc1. The molecule has 1 N–H and O–H groups in total. The van der Waals surface area contributed by atoms with Crippen LogP contribution in [0.1, 0.15) is 0 Å².